The molecular formula is C11H9FOS2. The first-order valence-corrected chi connectivity index (χ1v) is 6.62. The topological polar surface area (TPSA) is 17.1 Å². The molecule has 0 aliphatic heterocycles. The van der Waals surface area contributed by atoms with Crippen LogP contribution in [0.4, 0.5) is 4.39 Å². The van der Waals surface area contributed by atoms with Crippen molar-refractivity contribution >= 4 is 22.1 Å². The van der Waals surface area contributed by atoms with Crippen LogP contribution >= 0.6 is 11.3 Å². The Morgan fingerprint density at radius 1 is 1.20 bits per heavy atom. The maximum Gasteiger partial charge on any atom is 0.139 e. The molecular weight excluding hydrogens is 231 g/mol. The number of hydrogen-bond donors (Lipinski definition) is 0. The Morgan fingerprint density at radius 2 is 2.00 bits per heavy atom. The van der Waals surface area contributed by atoms with Crippen molar-refractivity contribution < 1.29 is 8.60 Å². The van der Waals surface area contributed by atoms with Gasteiger partial charge in [0.2, 0.25) is 0 Å². The molecule has 0 saturated carbocycles. The number of benzene rings is 1. The van der Waals surface area contributed by atoms with Crippen molar-refractivity contribution in [1.29, 1.82) is 0 Å². The van der Waals surface area contributed by atoms with Gasteiger partial charge in [0.05, 0.1) is 21.4 Å². The van der Waals surface area contributed by atoms with Crippen LogP contribution in [0.3, 0.4) is 0 Å². The van der Waals surface area contributed by atoms with Crippen molar-refractivity contribution in [2.45, 2.75) is 10.6 Å². The summed E-state index contributed by atoms with van der Waals surface area (Å²) in [5, 5.41) is 1.92. The Bertz CT molecular complexity index is 465. The van der Waals surface area contributed by atoms with Crippen LogP contribution in [0.15, 0.2) is 46.7 Å². The molecule has 0 bridgehead atoms. The SMILES string of the molecule is O=S(Cc1cccs1)c1ccccc1F. The number of hydrogen-bond acceptors (Lipinski definition) is 2. The second kappa shape index (κ2) is 4.68. The normalized spacial score (nSPS) is 12.6. The van der Waals surface area contributed by atoms with Gasteiger partial charge < -0.3 is 0 Å². The molecule has 2 aromatic rings. The van der Waals surface area contributed by atoms with E-state index < -0.39 is 16.6 Å². The Kier molecular flexibility index (Phi) is 3.28. The molecule has 0 amide bonds. The average Bonchev–Trinajstić information content (AvgIpc) is 2.71. The molecule has 1 nitrogen and oxygen atoms in total. The lowest BCUT2D eigenvalue weighted by molar-refractivity contribution is 0.595. The third-order valence-electron chi connectivity index (χ3n) is 1.94. The van der Waals surface area contributed by atoms with E-state index in [0.717, 1.165) is 4.88 Å². The van der Waals surface area contributed by atoms with E-state index >= 15 is 0 Å². The average molecular weight is 240 g/mol. The van der Waals surface area contributed by atoms with Crippen molar-refractivity contribution in [3.8, 4) is 0 Å². The van der Waals surface area contributed by atoms with Crippen LogP contribution in [0.5, 0.6) is 0 Å². The second-order valence-electron chi connectivity index (χ2n) is 3.00. The first-order valence-electron chi connectivity index (χ1n) is 4.42. The van der Waals surface area contributed by atoms with Crippen molar-refractivity contribution in [3.63, 3.8) is 0 Å². The van der Waals surface area contributed by atoms with Gasteiger partial charge in [-0.15, -0.1) is 11.3 Å². The largest absolute Gasteiger partial charge is 0.254 e. The minimum absolute atomic E-state index is 0.283. The fourth-order valence-electron chi connectivity index (χ4n) is 1.23. The molecule has 1 aromatic carbocycles. The van der Waals surface area contributed by atoms with Gasteiger partial charge >= 0.3 is 0 Å². The summed E-state index contributed by atoms with van der Waals surface area (Å²) in [5.41, 5.74) is 0. The van der Waals surface area contributed by atoms with E-state index in [-0.39, 0.29) is 4.90 Å². The molecule has 0 fully saturated rings. The molecule has 0 saturated heterocycles. The monoisotopic (exact) mass is 240 g/mol. The molecule has 0 aliphatic carbocycles. The predicted octanol–water partition coefficient (Wildman–Crippen LogP) is 3.20. The third kappa shape index (κ3) is 2.52. The number of halogens is 1. The van der Waals surface area contributed by atoms with Gasteiger partial charge in [-0.3, -0.25) is 4.21 Å². The van der Waals surface area contributed by atoms with Crippen molar-refractivity contribution in [3.05, 3.63) is 52.5 Å². The Balaban J connectivity index is 2.19. The second-order valence-corrected chi connectivity index (χ2v) is 5.45. The van der Waals surface area contributed by atoms with E-state index in [9.17, 15) is 8.60 Å². The molecule has 1 unspecified atom stereocenters. The van der Waals surface area contributed by atoms with Gasteiger partial charge in [0.25, 0.3) is 0 Å². The van der Waals surface area contributed by atoms with Gasteiger partial charge in [-0.1, -0.05) is 18.2 Å². The molecule has 4 heteroatoms. The Labute approximate surface area is 94.0 Å². The molecule has 78 valence electrons. The van der Waals surface area contributed by atoms with Crippen molar-refractivity contribution in [2.75, 3.05) is 0 Å². The summed E-state index contributed by atoms with van der Waals surface area (Å²) in [6, 6.07) is 10.0. The molecule has 2 rings (SSSR count). The highest BCUT2D eigenvalue weighted by Crippen LogP contribution is 2.18. The lowest BCUT2D eigenvalue weighted by Gasteiger charge is -2.01. The highest BCUT2D eigenvalue weighted by molar-refractivity contribution is 7.84. The molecule has 15 heavy (non-hydrogen) atoms. The fraction of sp³-hybridized carbons (Fsp3) is 0.0909. The van der Waals surface area contributed by atoms with Crippen LogP contribution < -0.4 is 0 Å². The minimum Gasteiger partial charge on any atom is -0.254 e. The van der Waals surface area contributed by atoms with Gasteiger partial charge in [0, 0.05) is 4.88 Å². The summed E-state index contributed by atoms with van der Waals surface area (Å²) in [6.45, 7) is 0. The number of rotatable bonds is 3. The zero-order valence-electron chi connectivity index (χ0n) is 7.85. The van der Waals surface area contributed by atoms with E-state index in [1.54, 1.807) is 18.2 Å². The Morgan fingerprint density at radius 3 is 2.67 bits per heavy atom. The Hall–Kier alpha value is -1.00. The quantitative estimate of drug-likeness (QED) is 0.805. The summed E-state index contributed by atoms with van der Waals surface area (Å²) < 4.78 is 25.1. The third-order valence-corrected chi connectivity index (χ3v) is 4.39. The summed E-state index contributed by atoms with van der Waals surface area (Å²) in [7, 11) is -1.29. The smallest absolute Gasteiger partial charge is 0.139 e. The van der Waals surface area contributed by atoms with Crippen LogP contribution in [-0.2, 0) is 16.6 Å². The first kappa shape index (κ1) is 10.5. The van der Waals surface area contributed by atoms with Gasteiger partial charge in [-0.2, -0.15) is 0 Å². The minimum atomic E-state index is -1.29. The lowest BCUT2D eigenvalue weighted by Crippen LogP contribution is -1.97. The van der Waals surface area contributed by atoms with Gasteiger partial charge in [-0.25, -0.2) is 4.39 Å². The highest BCUT2D eigenvalue weighted by atomic mass is 32.2. The van der Waals surface area contributed by atoms with E-state index in [0.29, 0.717) is 5.75 Å². The maximum atomic E-state index is 13.3. The van der Waals surface area contributed by atoms with Crippen LogP contribution in [0.2, 0.25) is 0 Å². The highest BCUT2D eigenvalue weighted by Gasteiger charge is 2.09. The van der Waals surface area contributed by atoms with Gasteiger partial charge in [-0.05, 0) is 23.6 Å². The molecule has 0 aliphatic rings. The zero-order valence-corrected chi connectivity index (χ0v) is 9.48. The van der Waals surface area contributed by atoms with Crippen molar-refractivity contribution in [1.82, 2.24) is 0 Å². The van der Waals surface area contributed by atoms with Crippen LogP contribution in [0, 0.1) is 5.82 Å². The molecule has 0 N–H and O–H groups in total. The summed E-state index contributed by atoms with van der Waals surface area (Å²) in [6.07, 6.45) is 0. The molecule has 1 aromatic heterocycles. The molecule has 1 heterocycles. The maximum absolute atomic E-state index is 13.3. The van der Waals surface area contributed by atoms with E-state index in [1.165, 1.54) is 17.4 Å². The fourth-order valence-corrected chi connectivity index (χ4v) is 3.34. The molecule has 0 radical (unpaired) electrons. The van der Waals surface area contributed by atoms with E-state index in [2.05, 4.69) is 0 Å². The lowest BCUT2D eigenvalue weighted by atomic mass is 10.3. The van der Waals surface area contributed by atoms with Crippen molar-refractivity contribution in [2.24, 2.45) is 0 Å². The van der Waals surface area contributed by atoms with E-state index in [1.807, 2.05) is 17.5 Å². The summed E-state index contributed by atoms with van der Waals surface area (Å²) >= 11 is 1.54. The zero-order chi connectivity index (χ0) is 10.7. The van der Waals surface area contributed by atoms with Crippen LogP contribution in [-0.4, -0.2) is 4.21 Å². The van der Waals surface area contributed by atoms with Crippen LogP contribution in [0.1, 0.15) is 4.88 Å². The predicted molar refractivity (Wildman–Crippen MR) is 60.8 cm³/mol. The van der Waals surface area contributed by atoms with Crippen LogP contribution in [0.25, 0.3) is 0 Å². The standard InChI is InChI=1S/C11H9FOS2/c12-10-5-1-2-6-11(10)15(13)8-9-4-3-7-14-9/h1-7H,8H2. The summed E-state index contributed by atoms with van der Waals surface area (Å²) in [5.74, 6) is -0.00844. The van der Waals surface area contributed by atoms with Gasteiger partial charge in [0.1, 0.15) is 5.82 Å². The molecule has 1 atom stereocenters. The first-order chi connectivity index (χ1) is 7.27. The van der Waals surface area contributed by atoms with E-state index in [4.69, 9.17) is 0 Å². The summed E-state index contributed by atoms with van der Waals surface area (Å²) in [4.78, 5) is 1.29. The number of thiophene rings is 1. The van der Waals surface area contributed by atoms with Gasteiger partial charge in [0.15, 0.2) is 0 Å². The molecule has 0 spiro atoms.